The van der Waals surface area contributed by atoms with Crippen LogP contribution in [-0.4, -0.2) is 15.8 Å². The lowest BCUT2D eigenvalue weighted by Crippen LogP contribution is -2.13. The third-order valence-corrected chi connectivity index (χ3v) is 2.84. The molecular formula is C10H7FN4O3S. The fourth-order valence-electron chi connectivity index (χ4n) is 1.30. The van der Waals surface area contributed by atoms with Gasteiger partial charge in [0.25, 0.3) is 11.6 Å². The maximum atomic E-state index is 13.5. The maximum Gasteiger partial charge on any atom is 0.275 e. The third kappa shape index (κ3) is 2.83. The molecule has 0 bridgehead atoms. The van der Waals surface area contributed by atoms with E-state index in [1.165, 1.54) is 5.38 Å². The number of nitro groups is 1. The monoisotopic (exact) mass is 282 g/mol. The molecule has 0 spiro atoms. The summed E-state index contributed by atoms with van der Waals surface area (Å²) in [5.74, 6) is -1.54. The average Bonchev–Trinajstić information content (AvgIpc) is 2.78. The van der Waals surface area contributed by atoms with Gasteiger partial charge in [-0.05, 0) is 6.07 Å². The van der Waals surface area contributed by atoms with Crippen LogP contribution in [-0.2, 0) is 0 Å². The Morgan fingerprint density at radius 3 is 2.79 bits per heavy atom. The van der Waals surface area contributed by atoms with Crippen LogP contribution in [0.15, 0.2) is 23.6 Å². The minimum atomic E-state index is -0.897. The normalized spacial score (nSPS) is 10.2. The number of carbonyl (C=O) groups excluding carboxylic acids is 1. The second-order valence-electron chi connectivity index (χ2n) is 3.45. The van der Waals surface area contributed by atoms with Crippen molar-refractivity contribution in [2.75, 3.05) is 11.1 Å². The van der Waals surface area contributed by atoms with E-state index < -0.39 is 22.3 Å². The first-order chi connectivity index (χ1) is 8.97. The summed E-state index contributed by atoms with van der Waals surface area (Å²) in [5, 5.41) is 14.3. The van der Waals surface area contributed by atoms with Crippen LogP contribution in [0, 0.1) is 15.9 Å². The predicted molar refractivity (Wildman–Crippen MR) is 67.5 cm³/mol. The van der Waals surface area contributed by atoms with Crippen molar-refractivity contribution in [1.29, 1.82) is 0 Å². The Hall–Kier alpha value is -2.55. The zero-order valence-corrected chi connectivity index (χ0v) is 10.1. The number of nitrogens with zero attached hydrogens (tertiary/aromatic N) is 2. The Morgan fingerprint density at radius 2 is 2.26 bits per heavy atom. The van der Waals surface area contributed by atoms with Gasteiger partial charge in [0.2, 0.25) is 0 Å². The van der Waals surface area contributed by atoms with Crippen molar-refractivity contribution >= 4 is 33.8 Å². The molecule has 0 aliphatic carbocycles. The highest BCUT2D eigenvalue weighted by Crippen LogP contribution is 2.21. The summed E-state index contributed by atoms with van der Waals surface area (Å²) in [7, 11) is 0. The van der Waals surface area contributed by atoms with Crippen LogP contribution >= 0.6 is 11.3 Å². The van der Waals surface area contributed by atoms with Crippen molar-refractivity contribution < 1.29 is 14.1 Å². The molecule has 2 aromatic rings. The van der Waals surface area contributed by atoms with Crippen molar-refractivity contribution in [1.82, 2.24) is 4.98 Å². The zero-order chi connectivity index (χ0) is 14.0. The van der Waals surface area contributed by atoms with Gasteiger partial charge in [0.1, 0.15) is 5.69 Å². The van der Waals surface area contributed by atoms with Crippen LogP contribution in [0.3, 0.4) is 0 Å². The standard InChI is InChI=1S/C10H7FN4O3S/c11-6-3-5(15(17)18)1-2-7(6)13-9(16)8-4-19-10(12)14-8/h1-4H,(H2,12,14)(H,13,16). The molecule has 98 valence electrons. The Kier molecular flexibility index (Phi) is 3.38. The predicted octanol–water partition coefficient (Wildman–Crippen LogP) is 2.02. The molecule has 0 radical (unpaired) electrons. The van der Waals surface area contributed by atoms with Crippen molar-refractivity contribution in [3.8, 4) is 0 Å². The summed E-state index contributed by atoms with van der Waals surface area (Å²) in [4.78, 5) is 25.1. The molecule has 0 fully saturated rings. The number of aromatic nitrogens is 1. The average molecular weight is 282 g/mol. The van der Waals surface area contributed by atoms with Gasteiger partial charge in [0.15, 0.2) is 10.9 Å². The van der Waals surface area contributed by atoms with Gasteiger partial charge in [0.05, 0.1) is 16.7 Å². The van der Waals surface area contributed by atoms with E-state index in [1.54, 1.807) is 0 Å². The molecule has 19 heavy (non-hydrogen) atoms. The maximum absolute atomic E-state index is 13.5. The fraction of sp³-hybridized carbons (Fsp3) is 0. The van der Waals surface area contributed by atoms with Crippen molar-refractivity contribution in [2.24, 2.45) is 0 Å². The lowest BCUT2D eigenvalue weighted by atomic mass is 10.2. The minimum Gasteiger partial charge on any atom is -0.375 e. The zero-order valence-electron chi connectivity index (χ0n) is 9.29. The van der Waals surface area contributed by atoms with E-state index in [0.29, 0.717) is 0 Å². The van der Waals surface area contributed by atoms with Crippen LogP contribution in [0.4, 0.5) is 20.9 Å². The molecule has 0 saturated heterocycles. The number of anilines is 2. The summed E-state index contributed by atoms with van der Waals surface area (Å²) in [6.07, 6.45) is 0. The van der Waals surface area contributed by atoms with Crippen molar-refractivity contribution in [3.05, 3.63) is 45.2 Å². The molecular weight excluding hydrogens is 275 g/mol. The smallest absolute Gasteiger partial charge is 0.275 e. The van der Waals surface area contributed by atoms with Gasteiger partial charge < -0.3 is 11.1 Å². The van der Waals surface area contributed by atoms with Crippen LogP contribution in [0.5, 0.6) is 0 Å². The summed E-state index contributed by atoms with van der Waals surface area (Å²) < 4.78 is 13.5. The first-order valence-corrected chi connectivity index (χ1v) is 5.81. The number of non-ortho nitro benzene ring substituents is 1. The van der Waals surface area contributed by atoms with Crippen LogP contribution < -0.4 is 11.1 Å². The highest BCUT2D eigenvalue weighted by molar-refractivity contribution is 7.13. The molecule has 0 atom stereocenters. The minimum absolute atomic E-state index is 0.0558. The first kappa shape index (κ1) is 12.9. The van der Waals surface area contributed by atoms with Crippen molar-refractivity contribution in [2.45, 2.75) is 0 Å². The largest absolute Gasteiger partial charge is 0.375 e. The highest BCUT2D eigenvalue weighted by atomic mass is 32.1. The summed E-state index contributed by atoms with van der Waals surface area (Å²) in [6, 6.07) is 2.93. The fourth-order valence-corrected chi connectivity index (χ4v) is 1.84. The van der Waals surface area contributed by atoms with E-state index in [0.717, 1.165) is 29.5 Å². The number of nitrogens with one attached hydrogen (secondary N) is 1. The molecule has 1 aromatic heterocycles. The number of amides is 1. The van der Waals surface area contributed by atoms with Gasteiger partial charge >= 0.3 is 0 Å². The molecule has 1 aromatic carbocycles. The molecule has 2 rings (SSSR count). The van der Waals surface area contributed by atoms with Crippen LogP contribution in [0.1, 0.15) is 10.5 Å². The number of hydrogen-bond acceptors (Lipinski definition) is 6. The van der Waals surface area contributed by atoms with Gasteiger partial charge in [-0.2, -0.15) is 0 Å². The Balaban J connectivity index is 2.20. The SMILES string of the molecule is Nc1nc(C(=O)Nc2ccc([N+](=O)[O-])cc2F)cs1. The Morgan fingerprint density at radius 1 is 1.53 bits per heavy atom. The number of halogens is 1. The molecule has 3 N–H and O–H groups in total. The van der Waals surface area contributed by atoms with Crippen LogP contribution in [0.25, 0.3) is 0 Å². The van der Waals surface area contributed by atoms with E-state index in [4.69, 9.17) is 5.73 Å². The molecule has 0 aliphatic heterocycles. The topological polar surface area (TPSA) is 111 Å². The highest BCUT2D eigenvalue weighted by Gasteiger charge is 2.15. The van der Waals surface area contributed by atoms with Crippen LogP contribution in [0.2, 0.25) is 0 Å². The van der Waals surface area contributed by atoms with Gasteiger partial charge in [-0.1, -0.05) is 0 Å². The molecule has 9 heteroatoms. The Bertz CT molecular complexity index is 658. The van der Waals surface area contributed by atoms with Gasteiger partial charge in [-0.3, -0.25) is 14.9 Å². The molecule has 0 unspecified atom stereocenters. The molecule has 7 nitrogen and oxygen atoms in total. The summed E-state index contributed by atoms with van der Waals surface area (Å²) >= 11 is 1.08. The van der Waals surface area contributed by atoms with E-state index in [1.807, 2.05) is 0 Å². The number of carbonyl (C=O) groups is 1. The van der Waals surface area contributed by atoms with Gasteiger partial charge in [-0.15, -0.1) is 11.3 Å². The Labute approximate surface area is 110 Å². The number of rotatable bonds is 3. The number of nitrogens with two attached hydrogens (primary N) is 1. The number of benzene rings is 1. The number of thiazole rings is 1. The molecule has 0 saturated carbocycles. The number of hydrogen-bond donors (Lipinski definition) is 2. The lowest BCUT2D eigenvalue weighted by molar-refractivity contribution is -0.385. The summed E-state index contributed by atoms with van der Waals surface area (Å²) in [5.41, 5.74) is 4.87. The van der Waals surface area contributed by atoms with Gasteiger partial charge in [0, 0.05) is 11.4 Å². The quantitative estimate of drug-likeness (QED) is 0.660. The third-order valence-electron chi connectivity index (χ3n) is 2.17. The molecule has 1 amide bonds. The van der Waals surface area contributed by atoms with E-state index in [-0.39, 0.29) is 16.5 Å². The second-order valence-corrected chi connectivity index (χ2v) is 4.34. The first-order valence-electron chi connectivity index (χ1n) is 4.93. The van der Waals surface area contributed by atoms with Crippen molar-refractivity contribution in [3.63, 3.8) is 0 Å². The van der Waals surface area contributed by atoms with E-state index in [2.05, 4.69) is 10.3 Å². The van der Waals surface area contributed by atoms with E-state index in [9.17, 15) is 19.3 Å². The van der Waals surface area contributed by atoms with E-state index >= 15 is 0 Å². The molecule has 1 heterocycles. The lowest BCUT2D eigenvalue weighted by Gasteiger charge is -2.04. The number of nitro benzene ring substituents is 1. The second kappa shape index (κ2) is 4.98. The van der Waals surface area contributed by atoms with Gasteiger partial charge in [-0.25, -0.2) is 9.37 Å². The number of nitrogen functional groups attached to an aromatic ring is 1. The summed E-state index contributed by atoms with van der Waals surface area (Å²) in [6.45, 7) is 0. The molecule has 0 aliphatic rings.